The molecule has 2 rings (SSSR count). The summed E-state index contributed by atoms with van der Waals surface area (Å²) < 4.78 is 25.6. The van der Waals surface area contributed by atoms with Gasteiger partial charge in [0, 0.05) is 18.4 Å². The molecule has 15 heavy (non-hydrogen) atoms. The molecule has 0 amide bonds. The predicted octanol–water partition coefficient (Wildman–Crippen LogP) is 2.26. The van der Waals surface area contributed by atoms with Crippen molar-refractivity contribution in [1.29, 1.82) is 0 Å². The first-order valence-corrected chi connectivity index (χ1v) is 4.62. The van der Waals surface area contributed by atoms with Gasteiger partial charge in [-0.3, -0.25) is 0 Å². The number of aromatic hydroxyl groups is 1. The van der Waals surface area contributed by atoms with Crippen LogP contribution in [-0.4, -0.2) is 17.3 Å². The third-order valence-corrected chi connectivity index (χ3v) is 2.81. The molecule has 1 aromatic carbocycles. The Morgan fingerprint density at radius 2 is 1.87 bits per heavy atom. The lowest BCUT2D eigenvalue weighted by Crippen LogP contribution is -2.50. The average Bonchev–Trinajstić information content (AvgIpc) is 2.14. The Labute approximate surface area is 85.5 Å². The smallest absolute Gasteiger partial charge is 0.250 e. The summed E-state index contributed by atoms with van der Waals surface area (Å²) in [5, 5.41) is 9.51. The molecule has 1 fully saturated rings. The molecule has 0 aromatic heterocycles. The first kappa shape index (κ1) is 10.1. The topological polar surface area (TPSA) is 37.3 Å². The van der Waals surface area contributed by atoms with E-state index in [4.69, 9.17) is 0 Å². The van der Waals surface area contributed by atoms with Crippen LogP contribution in [0.25, 0.3) is 0 Å². The Morgan fingerprint density at radius 3 is 2.33 bits per heavy atom. The summed E-state index contributed by atoms with van der Waals surface area (Å²) in [7, 11) is 0. The van der Waals surface area contributed by atoms with Gasteiger partial charge in [-0.2, -0.15) is 0 Å². The van der Waals surface area contributed by atoms with E-state index in [2.05, 4.69) is 0 Å². The molecule has 0 unspecified atom stereocenters. The normalized spacial score (nSPS) is 21.7. The number of carbonyl (C=O) groups excluding carboxylic acids is 1. The number of hydrogen-bond acceptors (Lipinski definition) is 2. The van der Waals surface area contributed by atoms with Crippen LogP contribution in [0.15, 0.2) is 24.3 Å². The highest BCUT2D eigenvalue weighted by atomic mass is 19.3. The highest BCUT2D eigenvalue weighted by molar-refractivity contribution is 5.73. The molecular weight excluding hydrogens is 202 g/mol. The second-order valence-electron chi connectivity index (χ2n) is 4.00. The molecule has 0 saturated heterocycles. The Hall–Kier alpha value is -1.45. The fourth-order valence-electron chi connectivity index (χ4n) is 2.10. The number of hydrogen-bond donors (Lipinski definition) is 1. The van der Waals surface area contributed by atoms with Crippen molar-refractivity contribution in [2.24, 2.45) is 0 Å². The number of carbonyl (C=O) groups is 1. The molecular formula is C11H10F2O2. The van der Waals surface area contributed by atoms with Crippen LogP contribution in [0.1, 0.15) is 18.4 Å². The highest BCUT2D eigenvalue weighted by Crippen LogP contribution is 2.53. The molecule has 0 atom stereocenters. The van der Waals surface area contributed by atoms with Crippen molar-refractivity contribution in [1.82, 2.24) is 0 Å². The van der Waals surface area contributed by atoms with Crippen molar-refractivity contribution in [2.75, 3.05) is 0 Å². The fourth-order valence-corrected chi connectivity index (χ4v) is 2.10. The highest BCUT2D eigenvalue weighted by Gasteiger charge is 2.58. The molecule has 1 aromatic rings. The zero-order valence-electron chi connectivity index (χ0n) is 7.91. The molecule has 0 aliphatic heterocycles. The van der Waals surface area contributed by atoms with Gasteiger partial charge in [0.2, 0.25) is 0 Å². The molecule has 1 aliphatic rings. The van der Waals surface area contributed by atoms with Crippen molar-refractivity contribution < 1.29 is 18.7 Å². The maximum Gasteiger partial charge on any atom is 0.250 e. The lowest BCUT2D eigenvalue weighted by molar-refractivity contribution is -0.146. The van der Waals surface area contributed by atoms with Crippen LogP contribution in [0.4, 0.5) is 8.78 Å². The van der Waals surface area contributed by atoms with E-state index < -0.39 is 24.2 Å². The van der Waals surface area contributed by atoms with Crippen LogP contribution in [0.2, 0.25) is 0 Å². The van der Waals surface area contributed by atoms with Gasteiger partial charge in [-0.1, -0.05) is 18.2 Å². The summed E-state index contributed by atoms with van der Waals surface area (Å²) in [6.45, 7) is 0. The number of aldehydes is 1. The van der Waals surface area contributed by atoms with E-state index in [1.54, 1.807) is 12.1 Å². The molecule has 0 radical (unpaired) electrons. The van der Waals surface area contributed by atoms with Crippen LogP contribution in [0.5, 0.6) is 5.75 Å². The van der Waals surface area contributed by atoms with Crippen LogP contribution in [0.3, 0.4) is 0 Å². The second kappa shape index (κ2) is 3.02. The third-order valence-electron chi connectivity index (χ3n) is 2.81. The number of phenolic OH excluding ortho intramolecular Hbond substituents is 1. The lowest BCUT2D eigenvalue weighted by atomic mass is 9.63. The average molecular weight is 212 g/mol. The Morgan fingerprint density at radius 1 is 1.27 bits per heavy atom. The maximum absolute atomic E-state index is 12.8. The first-order valence-electron chi connectivity index (χ1n) is 4.62. The van der Waals surface area contributed by atoms with Crippen molar-refractivity contribution in [2.45, 2.75) is 24.2 Å². The predicted molar refractivity (Wildman–Crippen MR) is 50.0 cm³/mol. The van der Waals surface area contributed by atoms with Gasteiger partial charge >= 0.3 is 0 Å². The second-order valence-corrected chi connectivity index (χ2v) is 4.00. The largest absolute Gasteiger partial charge is 0.508 e. The van der Waals surface area contributed by atoms with Gasteiger partial charge in [-0.15, -0.1) is 0 Å². The zero-order chi connectivity index (χ0) is 11.1. The minimum atomic E-state index is -2.79. The number of benzene rings is 1. The van der Waals surface area contributed by atoms with Crippen molar-refractivity contribution >= 4 is 6.29 Å². The molecule has 1 aliphatic carbocycles. The monoisotopic (exact) mass is 212 g/mol. The van der Waals surface area contributed by atoms with E-state index in [-0.39, 0.29) is 5.75 Å². The van der Waals surface area contributed by atoms with Gasteiger partial charge < -0.3 is 9.90 Å². The van der Waals surface area contributed by atoms with E-state index in [0.717, 1.165) is 0 Å². The molecule has 0 spiro atoms. The standard InChI is InChI=1S/C11H10F2O2/c12-11(13)5-10(6-11,7-14)8-3-1-2-4-9(8)15/h1-4,7,15H,5-6H2. The van der Waals surface area contributed by atoms with Gasteiger partial charge in [-0.05, 0) is 6.07 Å². The van der Waals surface area contributed by atoms with Gasteiger partial charge in [0.1, 0.15) is 12.0 Å². The van der Waals surface area contributed by atoms with Crippen molar-refractivity contribution in [3.8, 4) is 5.75 Å². The summed E-state index contributed by atoms with van der Waals surface area (Å²) in [4.78, 5) is 10.9. The maximum atomic E-state index is 12.8. The van der Waals surface area contributed by atoms with Crippen LogP contribution in [0, 0.1) is 0 Å². The Kier molecular flexibility index (Phi) is 2.03. The first-order chi connectivity index (χ1) is 6.99. The summed E-state index contributed by atoms with van der Waals surface area (Å²) >= 11 is 0. The number of rotatable bonds is 2. The van der Waals surface area contributed by atoms with Gasteiger partial charge in [0.05, 0.1) is 5.41 Å². The van der Waals surface area contributed by atoms with E-state index in [9.17, 15) is 18.7 Å². The van der Waals surface area contributed by atoms with Gasteiger partial charge in [0.25, 0.3) is 5.92 Å². The third kappa shape index (κ3) is 1.50. The number of phenols is 1. The summed E-state index contributed by atoms with van der Waals surface area (Å²) in [6, 6.07) is 6.13. The molecule has 2 nitrogen and oxygen atoms in total. The quantitative estimate of drug-likeness (QED) is 0.763. The molecule has 80 valence electrons. The number of para-hydroxylation sites is 1. The van der Waals surface area contributed by atoms with E-state index in [1.165, 1.54) is 12.1 Å². The molecule has 0 bridgehead atoms. The number of halogens is 2. The minimum absolute atomic E-state index is 0.0971. The summed E-state index contributed by atoms with van der Waals surface area (Å²) in [5.41, 5.74) is -0.902. The molecule has 1 N–H and O–H groups in total. The van der Waals surface area contributed by atoms with Crippen LogP contribution < -0.4 is 0 Å². The summed E-state index contributed by atoms with van der Waals surface area (Å²) in [6.07, 6.45) is -0.512. The molecule has 4 heteroatoms. The Balaban J connectivity index is 2.38. The number of alkyl halides is 2. The van der Waals surface area contributed by atoms with Crippen molar-refractivity contribution in [3.63, 3.8) is 0 Å². The van der Waals surface area contributed by atoms with Gasteiger partial charge in [-0.25, -0.2) is 8.78 Å². The van der Waals surface area contributed by atoms with Crippen molar-refractivity contribution in [3.05, 3.63) is 29.8 Å². The molecule has 1 saturated carbocycles. The van der Waals surface area contributed by atoms with Crippen LogP contribution in [-0.2, 0) is 10.2 Å². The zero-order valence-corrected chi connectivity index (χ0v) is 7.91. The lowest BCUT2D eigenvalue weighted by Gasteiger charge is -2.43. The summed E-state index contributed by atoms with van der Waals surface area (Å²) in [5.74, 6) is -2.89. The van der Waals surface area contributed by atoms with Crippen LogP contribution >= 0.6 is 0 Å². The van der Waals surface area contributed by atoms with E-state index in [0.29, 0.717) is 11.8 Å². The molecule has 0 heterocycles. The van der Waals surface area contributed by atoms with Gasteiger partial charge in [0.15, 0.2) is 0 Å². The van der Waals surface area contributed by atoms with E-state index >= 15 is 0 Å². The Bertz CT molecular complexity index is 393. The van der Waals surface area contributed by atoms with E-state index in [1.807, 2.05) is 0 Å². The fraction of sp³-hybridized carbons (Fsp3) is 0.364. The minimum Gasteiger partial charge on any atom is -0.508 e. The SMILES string of the molecule is O=CC1(c2ccccc2O)CC(F)(F)C1.